The van der Waals surface area contributed by atoms with Crippen molar-refractivity contribution in [2.75, 3.05) is 13.1 Å². The molecule has 1 unspecified atom stereocenters. The Morgan fingerprint density at radius 1 is 1.29 bits per heavy atom. The van der Waals surface area contributed by atoms with Gasteiger partial charge in [-0.15, -0.1) is 0 Å². The van der Waals surface area contributed by atoms with Gasteiger partial charge in [-0.25, -0.2) is 4.39 Å². The van der Waals surface area contributed by atoms with Crippen LogP contribution in [0.1, 0.15) is 19.3 Å². The second-order valence-electron chi connectivity index (χ2n) is 3.22. The summed E-state index contributed by atoms with van der Waals surface area (Å²) in [5.74, 6) is -1.16. The molecule has 1 N–H and O–H groups in total. The predicted molar refractivity (Wildman–Crippen MR) is 46.9 cm³/mol. The highest BCUT2D eigenvalue weighted by Gasteiger charge is 2.34. The van der Waals surface area contributed by atoms with E-state index in [-0.39, 0.29) is 0 Å². The number of nitrogens with zero attached hydrogens (tertiary/aromatic N) is 1. The molecule has 0 radical (unpaired) electrons. The molecule has 1 amide bonds. The van der Waals surface area contributed by atoms with Gasteiger partial charge in [-0.1, -0.05) is 0 Å². The molecule has 1 fully saturated rings. The fourth-order valence-electron chi connectivity index (χ4n) is 1.39. The minimum Gasteiger partial charge on any atom is -0.339 e. The van der Waals surface area contributed by atoms with Crippen LogP contribution in [-0.4, -0.2) is 42.4 Å². The Morgan fingerprint density at radius 3 is 2.21 bits per heavy atom. The Morgan fingerprint density at radius 2 is 1.79 bits per heavy atom. The highest BCUT2D eigenvalue weighted by atomic mass is 32.2. The van der Waals surface area contributed by atoms with Crippen molar-refractivity contribution in [1.82, 2.24) is 4.90 Å². The summed E-state index contributed by atoms with van der Waals surface area (Å²) in [7, 11) is -4.91. The molecule has 0 aromatic heterocycles. The summed E-state index contributed by atoms with van der Waals surface area (Å²) in [6.07, 6.45) is 2.43. The molecule has 1 heterocycles. The lowest BCUT2D eigenvalue weighted by Crippen LogP contribution is -2.43. The zero-order valence-corrected chi connectivity index (χ0v) is 8.33. The van der Waals surface area contributed by atoms with Gasteiger partial charge in [0.25, 0.3) is 5.91 Å². The number of likely N-dealkylation sites (tertiary alicyclic amines) is 1. The molecule has 0 saturated carbocycles. The Kier molecular flexibility index (Phi) is 3.43. The molecule has 7 heteroatoms. The Hall–Kier alpha value is -0.690. The summed E-state index contributed by atoms with van der Waals surface area (Å²) in [6, 6.07) is 0. The number of carbonyl (C=O) groups excluding carboxylic acids is 1. The molecule has 1 aliphatic rings. The van der Waals surface area contributed by atoms with E-state index in [0.717, 1.165) is 24.2 Å². The molecule has 1 atom stereocenters. The standard InChI is InChI=1S/C7H12FNO4S/c8-6(14(11,12)13)7(10)9-4-2-1-3-5-9/h6H,1-5H2,(H,11,12,13). The highest BCUT2D eigenvalue weighted by molar-refractivity contribution is 7.87. The maximum atomic E-state index is 12.9. The van der Waals surface area contributed by atoms with Crippen LogP contribution >= 0.6 is 0 Å². The smallest absolute Gasteiger partial charge is 0.307 e. The van der Waals surface area contributed by atoms with Gasteiger partial charge in [-0.2, -0.15) is 8.42 Å². The van der Waals surface area contributed by atoms with Crippen LogP contribution in [0, 0.1) is 0 Å². The predicted octanol–water partition coefficient (Wildman–Crippen LogP) is 0.182. The van der Waals surface area contributed by atoms with Gasteiger partial charge in [-0.05, 0) is 19.3 Å². The summed E-state index contributed by atoms with van der Waals surface area (Å²) in [4.78, 5) is 12.3. The van der Waals surface area contributed by atoms with Gasteiger partial charge >= 0.3 is 15.6 Å². The molecular weight excluding hydrogens is 213 g/mol. The number of hydrogen-bond acceptors (Lipinski definition) is 3. The molecule has 0 bridgehead atoms. The first kappa shape index (κ1) is 11.4. The molecule has 1 saturated heterocycles. The third kappa shape index (κ3) is 2.65. The van der Waals surface area contributed by atoms with E-state index in [1.54, 1.807) is 0 Å². The Balaban J connectivity index is 2.64. The van der Waals surface area contributed by atoms with E-state index >= 15 is 0 Å². The highest BCUT2D eigenvalue weighted by Crippen LogP contribution is 2.13. The molecule has 0 aromatic carbocycles. The van der Waals surface area contributed by atoms with Gasteiger partial charge in [0, 0.05) is 13.1 Å². The maximum absolute atomic E-state index is 12.9. The van der Waals surface area contributed by atoms with Crippen molar-refractivity contribution < 1.29 is 22.2 Å². The van der Waals surface area contributed by atoms with Crippen molar-refractivity contribution in [1.29, 1.82) is 0 Å². The van der Waals surface area contributed by atoms with Crippen molar-refractivity contribution in [3.8, 4) is 0 Å². The topological polar surface area (TPSA) is 74.7 Å². The average molecular weight is 225 g/mol. The number of amides is 1. The largest absolute Gasteiger partial charge is 0.339 e. The minimum absolute atomic E-state index is 0.356. The second kappa shape index (κ2) is 4.22. The molecule has 82 valence electrons. The lowest BCUT2D eigenvalue weighted by atomic mass is 10.1. The van der Waals surface area contributed by atoms with E-state index in [0.29, 0.717) is 13.1 Å². The third-order valence-electron chi connectivity index (χ3n) is 2.12. The van der Waals surface area contributed by atoms with E-state index in [4.69, 9.17) is 4.55 Å². The van der Waals surface area contributed by atoms with Crippen LogP contribution in [-0.2, 0) is 14.9 Å². The first-order chi connectivity index (χ1) is 6.43. The van der Waals surface area contributed by atoms with Gasteiger partial charge in [0.2, 0.25) is 0 Å². The fraction of sp³-hybridized carbons (Fsp3) is 0.857. The molecule has 5 nitrogen and oxygen atoms in total. The first-order valence-corrected chi connectivity index (χ1v) is 5.82. The molecule has 0 aliphatic carbocycles. The summed E-state index contributed by atoms with van der Waals surface area (Å²) in [6.45, 7) is 0.712. The number of halogens is 1. The van der Waals surface area contributed by atoms with Crippen LogP contribution in [0.4, 0.5) is 4.39 Å². The SMILES string of the molecule is O=C(C(F)S(=O)(=O)O)N1CCCCC1. The Labute approximate surface area is 81.6 Å². The number of alkyl halides is 1. The lowest BCUT2D eigenvalue weighted by Gasteiger charge is -2.27. The molecule has 1 rings (SSSR count). The van der Waals surface area contributed by atoms with Crippen LogP contribution in [0.5, 0.6) is 0 Å². The number of rotatable bonds is 2. The number of hydrogen-bond donors (Lipinski definition) is 1. The van der Waals surface area contributed by atoms with E-state index < -0.39 is 21.5 Å². The monoisotopic (exact) mass is 225 g/mol. The summed E-state index contributed by atoms with van der Waals surface area (Å²) < 4.78 is 41.9. The molecule has 0 spiro atoms. The van der Waals surface area contributed by atoms with E-state index in [1.165, 1.54) is 0 Å². The van der Waals surface area contributed by atoms with Gasteiger partial charge in [0.05, 0.1) is 0 Å². The molecular formula is C7H12FNO4S. The molecule has 1 aliphatic heterocycles. The van der Waals surface area contributed by atoms with Crippen molar-refractivity contribution in [3.63, 3.8) is 0 Å². The van der Waals surface area contributed by atoms with E-state index in [1.807, 2.05) is 0 Å². The Bertz CT molecular complexity index is 310. The van der Waals surface area contributed by atoms with Gasteiger partial charge in [0.15, 0.2) is 0 Å². The second-order valence-corrected chi connectivity index (χ2v) is 4.66. The molecule has 0 aromatic rings. The van der Waals surface area contributed by atoms with Gasteiger partial charge in [0.1, 0.15) is 0 Å². The van der Waals surface area contributed by atoms with Crippen LogP contribution in [0.2, 0.25) is 0 Å². The van der Waals surface area contributed by atoms with Crippen LogP contribution < -0.4 is 0 Å². The van der Waals surface area contributed by atoms with Crippen LogP contribution in [0.15, 0.2) is 0 Å². The van der Waals surface area contributed by atoms with Gasteiger partial charge < -0.3 is 4.90 Å². The van der Waals surface area contributed by atoms with Crippen molar-refractivity contribution in [3.05, 3.63) is 0 Å². The van der Waals surface area contributed by atoms with E-state index in [2.05, 4.69) is 0 Å². The average Bonchev–Trinajstić information content (AvgIpc) is 2.15. The van der Waals surface area contributed by atoms with Crippen LogP contribution in [0.25, 0.3) is 0 Å². The summed E-state index contributed by atoms with van der Waals surface area (Å²) >= 11 is 0. The maximum Gasteiger partial charge on any atom is 0.307 e. The summed E-state index contributed by atoms with van der Waals surface area (Å²) in [5.41, 5.74) is -2.83. The summed E-state index contributed by atoms with van der Waals surface area (Å²) in [5, 5.41) is 0. The van der Waals surface area contributed by atoms with Crippen molar-refractivity contribution in [2.45, 2.75) is 24.8 Å². The van der Waals surface area contributed by atoms with Gasteiger partial charge in [-0.3, -0.25) is 9.35 Å². The van der Waals surface area contributed by atoms with Crippen molar-refractivity contribution >= 4 is 16.0 Å². The number of carbonyl (C=O) groups is 1. The van der Waals surface area contributed by atoms with E-state index in [9.17, 15) is 17.6 Å². The fourth-order valence-corrected chi connectivity index (χ4v) is 1.79. The normalized spacial score (nSPS) is 20.6. The minimum atomic E-state index is -4.91. The zero-order chi connectivity index (χ0) is 10.8. The number of piperidine rings is 1. The lowest BCUT2D eigenvalue weighted by molar-refractivity contribution is -0.134. The quantitative estimate of drug-likeness (QED) is 0.680. The molecule has 14 heavy (non-hydrogen) atoms. The first-order valence-electron chi connectivity index (χ1n) is 4.32. The van der Waals surface area contributed by atoms with Crippen LogP contribution in [0.3, 0.4) is 0 Å². The van der Waals surface area contributed by atoms with Crippen molar-refractivity contribution in [2.24, 2.45) is 0 Å². The zero-order valence-electron chi connectivity index (χ0n) is 7.52. The third-order valence-corrected chi connectivity index (χ3v) is 2.85.